The second kappa shape index (κ2) is 5.87. The number of hydrogen-bond acceptors (Lipinski definition) is 3. The summed E-state index contributed by atoms with van der Waals surface area (Å²) in [6.07, 6.45) is 2.69. The zero-order valence-corrected chi connectivity index (χ0v) is 11.8. The first-order chi connectivity index (χ1) is 8.65. The first-order valence-corrected chi connectivity index (χ1v) is 6.66. The van der Waals surface area contributed by atoms with Gasteiger partial charge in [-0.1, -0.05) is 30.3 Å². The molecular formula is C14H16BrN3. The van der Waals surface area contributed by atoms with Crippen LogP contribution in [0, 0.1) is 0 Å². The molecule has 0 spiro atoms. The molecular weight excluding hydrogens is 290 g/mol. The first-order valence-electron chi connectivity index (χ1n) is 5.86. The molecule has 0 aliphatic carbocycles. The van der Waals surface area contributed by atoms with Crippen molar-refractivity contribution in [2.75, 3.05) is 11.1 Å². The highest BCUT2D eigenvalue weighted by atomic mass is 79.9. The van der Waals surface area contributed by atoms with Crippen LogP contribution in [0.4, 0.5) is 11.5 Å². The standard InChI is InChI=1S/C14H16BrN3/c1-10(7-11-5-3-2-4-6-11)18-14-13(16)8-12(15)9-17-14/h2-6,8-10H,7,16H2,1H3,(H,17,18). The average molecular weight is 306 g/mol. The molecule has 0 bridgehead atoms. The van der Waals surface area contributed by atoms with Crippen molar-refractivity contribution in [1.29, 1.82) is 0 Å². The third-order valence-corrected chi connectivity index (χ3v) is 3.09. The fourth-order valence-electron chi connectivity index (χ4n) is 1.83. The van der Waals surface area contributed by atoms with Crippen LogP contribution in [0.1, 0.15) is 12.5 Å². The molecule has 3 N–H and O–H groups in total. The molecule has 0 fully saturated rings. The van der Waals surface area contributed by atoms with Gasteiger partial charge in [-0.25, -0.2) is 4.98 Å². The highest BCUT2D eigenvalue weighted by Crippen LogP contribution is 2.21. The number of rotatable bonds is 4. The molecule has 2 aromatic rings. The van der Waals surface area contributed by atoms with E-state index >= 15 is 0 Å². The van der Waals surface area contributed by atoms with Gasteiger partial charge in [0.25, 0.3) is 0 Å². The topological polar surface area (TPSA) is 50.9 Å². The average Bonchev–Trinajstić information content (AvgIpc) is 2.34. The normalized spacial score (nSPS) is 12.1. The van der Waals surface area contributed by atoms with Crippen molar-refractivity contribution in [1.82, 2.24) is 4.98 Å². The molecule has 3 nitrogen and oxygen atoms in total. The molecule has 0 aliphatic heterocycles. The maximum Gasteiger partial charge on any atom is 0.149 e. The van der Waals surface area contributed by atoms with Crippen LogP contribution in [0.3, 0.4) is 0 Å². The summed E-state index contributed by atoms with van der Waals surface area (Å²) < 4.78 is 0.890. The number of pyridine rings is 1. The van der Waals surface area contributed by atoms with Crippen molar-refractivity contribution in [2.24, 2.45) is 0 Å². The fourth-order valence-corrected chi connectivity index (χ4v) is 2.18. The van der Waals surface area contributed by atoms with Gasteiger partial charge in [0.15, 0.2) is 0 Å². The minimum absolute atomic E-state index is 0.281. The Bertz CT molecular complexity index is 514. The van der Waals surface area contributed by atoms with Crippen LogP contribution in [-0.2, 0) is 6.42 Å². The Morgan fingerprint density at radius 3 is 2.72 bits per heavy atom. The van der Waals surface area contributed by atoms with Gasteiger partial charge >= 0.3 is 0 Å². The second-order valence-electron chi connectivity index (χ2n) is 4.33. The van der Waals surface area contributed by atoms with Crippen molar-refractivity contribution < 1.29 is 0 Å². The molecule has 1 aromatic heterocycles. The van der Waals surface area contributed by atoms with E-state index in [1.165, 1.54) is 5.56 Å². The fraction of sp³-hybridized carbons (Fsp3) is 0.214. The van der Waals surface area contributed by atoms with E-state index in [1.807, 2.05) is 24.3 Å². The smallest absolute Gasteiger partial charge is 0.149 e. The number of nitrogens with one attached hydrogen (secondary N) is 1. The quantitative estimate of drug-likeness (QED) is 0.909. The van der Waals surface area contributed by atoms with E-state index in [-0.39, 0.29) is 6.04 Å². The van der Waals surface area contributed by atoms with E-state index in [9.17, 15) is 0 Å². The summed E-state index contributed by atoms with van der Waals surface area (Å²) in [4.78, 5) is 4.28. The van der Waals surface area contributed by atoms with E-state index in [0.717, 1.165) is 16.7 Å². The lowest BCUT2D eigenvalue weighted by Crippen LogP contribution is -2.19. The van der Waals surface area contributed by atoms with Crippen molar-refractivity contribution in [2.45, 2.75) is 19.4 Å². The van der Waals surface area contributed by atoms with Gasteiger partial charge in [-0.2, -0.15) is 0 Å². The minimum atomic E-state index is 0.281. The Balaban J connectivity index is 2.01. The highest BCUT2D eigenvalue weighted by Gasteiger charge is 2.07. The van der Waals surface area contributed by atoms with Gasteiger partial charge < -0.3 is 11.1 Å². The minimum Gasteiger partial charge on any atom is -0.396 e. The maximum absolute atomic E-state index is 5.91. The zero-order valence-electron chi connectivity index (χ0n) is 10.2. The number of benzene rings is 1. The van der Waals surface area contributed by atoms with Gasteiger partial charge in [0.2, 0.25) is 0 Å². The zero-order chi connectivity index (χ0) is 13.0. The summed E-state index contributed by atoms with van der Waals surface area (Å²) >= 11 is 3.35. The molecule has 1 aromatic carbocycles. The lowest BCUT2D eigenvalue weighted by atomic mass is 10.1. The summed E-state index contributed by atoms with van der Waals surface area (Å²) in [6.45, 7) is 2.12. The molecule has 1 unspecified atom stereocenters. The van der Waals surface area contributed by atoms with Crippen LogP contribution in [0.5, 0.6) is 0 Å². The van der Waals surface area contributed by atoms with Crippen LogP contribution in [0.2, 0.25) is 0 Å². The van der Waals surface area contributed by atoms with Gasteiger partial charge in [0, 0.05) is 16.7 Å². The van der Waals surface area contributed by atoms with E-state index in [1.54, 1.807) is 6.20 Å². The van der Waals surface area contributed by atoms with Crippen LogP contribution in [0.15, 0.2) is 47.1 Å². The van der Waals surface area contributed by atoms with E-state index < -0.39 is 0 Å². The SMILES string of the molecule is CC(Cc1ccccc1)Nc1ncc(Br)cc1N. The summed E-state index contributed by atoms with van der Waals surface area (Å²) in [7, 11) is 0. The Morgan fingerprint density at radius 2 is 2.06 bits per heavy atom. The number of nitrogens with zero attached hydrogens (tertiary/aromatic N) is 1. The number of nitrogens with two attached hydrogens (primary N) is 1. The summed E-state index contributed by atoms with van der Waals surface area (Å²) in [6, 6.07) is 12.5. The van der Waals surface area contributed by atoms with Crippen LogP contribution in [-0.4, -0.2) is 11.0 Å². The highest BCUT2D eigenvalue weighted by molar-refractivity contribution is 9.10. The Kier molecular flexibility index (Phi) is 4.20. The number of anilines is 2. The summed E-state index contributed by atoms with van der Waals surface area (Å²) in [5, 5.41) is 3.33. The second-order valence-corrected chi connectivity index (χ2v) is 5.24. The number of hydrogen-bond donors (Lipinski definition) is 2. The van der Waals surface area contributed by atoms with Crippen molar-refractivity contribution in [3.63, 3.8) is 0 Å². The third-order valence-electron chi connectivity index (χ3n) is 2.65. The van der Waals surface area contributed by atoms with E-state index in [4.69, 9.17) is 5.73 Å². The van der Waals surface area contributed by atoms with Gasteiger partial charge in [-0.05, 0) is 40.9 Å². The molecule has 4 heteroatoms. The van der Waals surface area contributed by atoms with Crippen molar-refractivity contribution in [3.8, 4) is 0 Å². The van der Waals surface area contributed by atoms with Crippen LogP contribution >= 0.6 is 15.9 Å². The first kappa shape index (κ1) is 12.9. The van der Waals surface area contributed by atoms with Crippen molar-refractivity contribution in [3.05, 3.63) is 52.6 Å². The van der Waals surface area contributed by atoms with Crippen LogP contribution in [0.25, 0.3) is 0 Å². The lowest BCUT2D eigenvalue weighted by molar-refractivity contribution is 0.785. The molecule has 94 valence electrons. The Labute approximate surface area is 116 Å². The third kappa shape index (κ3) is 3.47. The summed E-state index contributed by atoms with van der Waals surface area (Å²) in [5.41, 5.74) is 7.86. The van der Waals surface area contributed by atoms with Gasteiger partial charge in [-0.15, -0.1) is 0 Å². The van der Waals surface area contributed by atoms with E-state index in [0.29, 0.717) is 5.69 Å². The van der Waals surface area contributed by atoms with Gasteiger partial charge in [0.1, 0.15) is 5.82 Å². The predicted octanol–water partition coefficient (Wildman–Crippen LogP) is 3.47. The van der Waals surface area contributed by atoms with Gasteiger partial charge in [-0.3, -0.25) is 0 Å². The maximum atomic E-state index is 5.91. The molecule has 0 amide bonds. The summed E-state index contributed by atoms with van der Waals surface area (Å²) in [5.74, 6) is 0.738. The molecule has 1 atom stereocenters. The van der Waals surface area contributed by atoms with Crippen LogP contribution < -0.4 is 11.1 Å². The monoisotopic (exact) mass is 305 g/mol. The van der Waals surface area contributed by atoms with E-state index in [2.05, 4.69) is 45.3 Å². The molecule has 18 heavy (non-hydrogen) atoms. The van der Waals surface area contributed by atoms with Crippen molar-refractivity contribution >= 4 is 27.4 Å². The van der Waals surface area contributed by atoms with Gasteiger partial charge in [0.05, 0.1) is 5.69 Å². The lowest BCUT2D eigenvalue weighted by Gasteiger charge is -2.16. The Morgan fingerprint density at radius 1 is 1.33 bits per heavy atom. The predicted molar refractivity (Wildman–Crippen MR) is 79.6 cm³/mol. The molecule has 2 rings (SSSR count). The largest absolute Gasteiger partial charge is 0.396 e. The Hall–Kier alpha value is -1.55. The molecule has 1 heterocycles. The number of aromatic nitrogens is 1. The molecule has 0 aliphatic rings. The number of halogens is 1. The molecule has 0 saturated heterocycles. The molecule has 0 saturated carbocycles. The number of nitrogen functional groups attached to an aromatic ring is 1. The molecule has 0 radical (unpaired) electrons.